The lowest BCUT2D eigenvalue weighted by Crippen LogP contribution is -2.51. The molecule has 0 bridgehead atoms. The molecule has 0 fully saturated rings. The Morgan fingerprint density at radius 2 is 1.84 bits per heavy atom. The zero-order valence-corrected chi connectivity index (χ0v) is 15.9. The highest BCUT2D eigenvalue weighted by Gasteiger charge is 2.33. The van der Waals surface area contributed by atoms with Crippen LogP contribution in [-0.2, 0) is 14.8 Å². The first-order chi connectivity index (χ1) is 11.4. The summed E-state index contributed by atoms with van der Waals surface area (Å²) < 4.78 is 26.2. The molecule has 0 saturated heterocycles. The van der Waals surface area contributed by atoms with Crippen LogP contribution in [0.4, 0.5) is 5.69 Å². The number of anilines is 1. The Kier molecular flexibility index (Phi) is 5.22. The molecule has 1 heterocycles. The van der Waals surface area contributed by atoms with Crippen molar-refractivity contribution in [1.82, 2.24) is 4.72 Å². The number of hydrogen-bond acceptors (Lipinski definition) is 5. The van der Waals surface area contributed by atoms with Crippen molar-refractivity contribution in [2.75, 3.05) is 11.6 Å². The van der Waals surface area contributed by atoms with E-state index in [0.29, 0.717) is 11.1 Å². The lowest BCUT2D eigenvalue weighted by atomic mass is 9.87. The van der Waals surface area contributed by atoms with Crippen molar-refractivity contribution >= 4 is 49.0 Å². The highest BCUT2D eigenvalue weighted by Crippen LogP contribution is 2.29. The highest BCUT2D eigenvalue weighted by molar-refractivity contribution is 7.88. The maximum Gasteiger partial charge on any atom is 0.345 e. The number of rotatable bonds is 5. The first-order valence-corrected chi connectivity index (χ1v) is 10.1. The van der Waals surface area contributed by atoms with Crippen LogP contribution in [0.15, 0.2) is 24.3 Å². The van der Waals surface area contributed by atoms with Gasteiger partial charge in [-0.1, -0.05) is 20.8 Å². The Morgan fingerprint density at radius 1 is 1.20 bits per heavy atom. The number of nitrogens with one attached hydrogen (secondary N) is 2. The zero-order valence-electron chi connectivity index (χ0n) is 14.3. The molecule has 1 unspecified atom stereocenters. The SMILES string of the molecule is CC(C)(C)C(NS(C)(=O)=O)C(=O)Nc1ccc2sc(C(=O)O)cc2c1. The number of carboxylic acids is 1. The van der Waals surface area contributed by atoms with Gasteiger partial charge in [0.15, 0.2) is 0 Å². The summed E-state index contributed by atoms with van der Waals surface area (Å²) in [6, 6.07) is 5.63. The van der Waals surface area contributed by atoms with Gasteiger partial charge in [0.1, 0.15) is 10.9 Å². The van der Waals surface area contributed by atoms with Crippen LogP contribution >= 0.6 is 11.3 Å². The van der Waals surface area contributed by atoms with Gasteiger partial charge in [0.2, 0.25) is 15.9 Å². The van der Waals surface area contributed by atoms with E-state index in [-0.39, 0.29) is 4.88 Å². The fourth-order valence-corrected chi connectivity index (χ4v) is 4.05. The summed E-state index contributed by atoms with van der Waals surface area (Å²) in [5.74, 6) is -1.48. The molecule has 1 aromatic heterocycles. The number of hydrogen-bond donors (Lipinski definition) is 3. The molecule has 0 aliphatic rings. The third-order valence-electron chi connectivity index (χ3n) is 3.45. The maximum atomic E-state index is 12.6. The molecule has 1 atom stereocenters. The minimum atomic E-state index is -3.56. The normalized spacial score (nSPS) is 13.6. The van der Waals surface area contributed by atoms with Gasteiger partial charge in [0, 0.05) is 10.4 Å². The highest BCUT2D eigenvalue weighted by atomic mass is 32.2. The summed E-state index contributed by atoms with van der Waals surface area (Å²) in [5, 5.41) is 12.4. The number of carbonyl (C=O) groups excluding carboxylic acids is 1. The minimum Gasteiger partial charge on any atom is -0.477 e. The van der Waals surface area contributed by atoms with Gasteiger partial charge < -0.3 is 10.4 Å². The quantitative estimate of drug-likeness (QED) is 0.733. The van der Waals surface area contributed by atoms with Gasteiger partial charge in [0.25, 0.3) is 0 Å². The molecular weight excluding hydrogens is 364 g/mol. The largest absolute Gasteiger partial charge is 0.477 e. The second-order valence-electron chi connectivity index (χ2n) is 6.85. The molecule has 0 aliphatic carbocycles. The molecule has 0 spiro atoms. The Morgan fingerprint density at radius 3 is 2.36 bits per heavy atom. The van der Waals surface area contributed by atoms with E-state index in [0.717, 1.165) is 22.3 Å². The lowest BCUT2D eigenvalue weighted by molar-refractivity contribution is -0.119. The van der Waals surface area contributed by atoms with Crippen molar-refractivity contribution in [3.63, 3.8) is 0 Å². The molecule has 25 heavy (non-hydrogen) atoms. The molecule has 136 valence electrons. The molecule has 0 aliphatic heterocycles. The van der Waals surface area contributed by atoms with E-state index >= 15 is 0 Å². The van der Waals surface area contributed by atoms with Gasteiger partial charge in [-0.2, -0.15) is 0 Å². The standard InChI is InChI=1S/C16H20N2O5S2/c1-16(2,3)13(18-25(4,22)23)14(19)17-10-5-6-11-9(7-10)8-12(24-11)15(20)21/h5-8,13,18H,1-4H3,(H,17,19)(H,20,21). The summed E-state index contributed by atoms with van der Waals surface area (Å²) in [6.45, 7) is 5.28. The van der Waals surface area contributed by atoms with Crippen molar-refractivity contribution in [1.29, 1.82) is 0 Å². The molecule has 1 amide bonds. The number of benzene rings is 1. The van der Waals surface area contributed by atoms with E-state index in [4.69, 9.17) is 5.11 Å². The van der Waals surface area contributed by atoms with Gasteiger partial charge in [0.05, 0.1) is 6.26 Å². The zero-order chi connectivity index (χ0) is 19.0. The van der Waals surface area contributed by atoms with E-state index in [1.54, 1.807) is 39.0 Å². The number of sulfonamides is 1. The van der Waals surface area contributed by atoms with E-state index in [9.17, 15) is 18.0 Å². The third kappa shape index (κ3) is 5.00. The molecule has 0 saturated carbocycles. The maximum absolute atomic E-state index is 12.6. The van der Waals surface area contributed by atoms with Crippen LogP contribution < -0.4 is 10.0 Å². The Bertz CT molecular complexity index is 926. The number of aromatic carboxylic acids is 1. The van der Waals surface area contributed by atoms with E-state index < -0.39 is 33.4 Å². The second-order valence-corrected chi connectivity index (χ2v) is 9.71. The van der Waals surface area contributed by atoms with Crippen molar-refractivity contribution in [2.24, 2.45) is 5.41 Å². The van der Waals surface area contributed by atoms with Crippen LogP contribution in [0, 0.1) is 5.41 Å². The topological polar surface area (TPSA) is 113 Å². The van der Waals surface area contributed by atoms with Crippen molar-refractivity contribution in [3.8, 4) is 0 Å². The fourth-order valence-electron chi connectivity index (χ4n) is 2.28. The van der Waals surface area contributed by atoms with Gasteiger partial charge in [-0.25, -0.2) is 17.9 Å². The first-order valence-electron chi connectivity index (χ1n) is 7.42. The average molecular weight is 384 g/mol. The Balaban J connectivity index is 2.28. The molecule has 9 heteroatoms. The van der Waals surface area contributed by atoms with Gasteiger partial charge in [-0.3, -0.25) is 4.79 Å². The summed E-state index contributed by atoms with van der Waals surface area (Å²) in [5.41, 5.74) is -0.160. The van der Waals surface area contributed by atoms with E-state index in [2.05, 4.69) is 10.0 Å². The molecule has 3 N–H and O–H groups in total. The van der Waals surface area contributed by atoms with Gasteiger partial charge in [-0.15, -0.1) is 11.3 Å². The molecule has 7 nitrogen and oxygen atoms in total. The summed E-state index contributed by atoms with van der Waals surface area (Å²) in [6.07, 6.45) is 1.00. The second kappa shape index (κ2) is 6.74. The molecule has 1 aromatic carbocycles. The van der Waals surface area contributed by atoms with Crippen LogP contribution in [-0.4, -0.2) is 37.7 Å². The summed E-state index contributed by atoms with van der Waals surface area (Å²) in [7, 11) is -3.56. The van der Waals surface area contributed by atoms with Crippen LogP contribution in [0.3, 0.4) is 0 Å². The van der Waals surface area contributed by atoms with E-state index in [1.807, 2.05) is 0 Å². The Labute approximate surface area is 150 Å². The number of carboxylic acid groups (broad SMARTS) is 1. The predicted molar refractivity (Wildman–Crippen MR) is 98.6 cm³/mol. The van der Waals surface area contributed by atoms with Crippen LogP contribution in [0.2, 0.25) is 0 Å². The van der Waals surface area contributed by atoms with Crippen LogP contribution in [0.1, 0.15) is 30.4 Å². The lowest BCUT2D eigenvalue weighted by Gasteiger charge is -2.29. The number of thiophene rings is 1. The minimum absolute atomic E-state index is 0.213. The monoisotopic (exact) mass is 384 g/mol. The molecule has 2 aromatic rings. The Hall–Kier alpha value is -1.97. The summed E-state index contributed by atoms with van der Waals surface area (Å²) in [4.78, 5) is 23.8. The molecular formula is C16H20N2O5S2. The number of amides is 1. The number of carbonyl (C=O) groups is 2. The molecule has 0 radical (unpaired) electrons. The smallest absolute Gasteiger partial charge is 0.345 e. The van der Waals surface area contributed by atoms with Gasteiger partial charge in [-0.05, 0) is 35.1 Å². The van der Waals surface area contributed by atoms with Crippen molar-refractivity contribution in [3.05, 3.63) is 29.1 Å². The van der Waals surface area contributed by atoms with Crippen molar-refractivity contribution in [2.45, 2.75) is 26.8 Å². The molecule has 2 rings (SSSR count). The fraction of sp³-hybridized carbons (Fsp3) is 0.375. The van der Waals surface area contributed by atoms with Crippen LogP contribution in [0.5, 0.6) is 0 Å². The summed E-state index contributed by atoms with van der Waals surface area (Å²) >= 11 is 1.15. The first kappa shape index (κ1) is 19.4. The van der Waals surface area contributed by atoms with E-state index in [1.165, 1.54) is 6.07 Å². The van der Waals surface area contributed by atoms with Gasteiger partial charge >= 0.3 is 5.97 Å². The predicted octanol–water partition coefficient (Wildman–Crippen LogP) is 2.50. The van der Waals surface area contributed by atoms with Crippen LogP contribution in [0.25, 0.3) is 10.1 Å². The third-order valence-corrected chi connectivity index (χ3v) is 5.22. The number of fused-ring (bicyclic) bond motifs is 1. The average Bonchev–Trinajstić information content (AvgIpc) is 2.86. The van der Waals surface area contributed by atoms with Crippen molar-refractivity contribution < 1.29 is 23.1 Å².